The molecule has 0 fully saturated rings. The van der Waals surface area contributed by atoms with Crippen LogP contribution < -0.4 is 19.7 Å². The van der Waals surface area contributed by atoms with E-state index in [0.717, 1.165) is 5.56 Å². The highest BCUT2D eigenvalue weighted by molar-refractivity contribution is 6.00. The molecule has 9 heteroatoms. The molecule has 0 radical (unpaired) electrons. The van der Waals surface area contributed by atoms with E-state index in [1.54, 1.807) is 16.8 Å². The lowest BCUT2D eigenvalue weighted by Gasteiger charge is -2.30. The zero-order valence-corrected chi connectivity index (χ0v) is 16.1. The minimum absolute atomic E-state index is 0.180. The van der Waals surface area contributed by atoms with Gasteiger partial charge in [-0.25, -0.2) is 13.9 Å². The van der Waals surface area contributed by atoms with Crippen molar-refractivity contribution >= 4 is 17.4 Å². The molecule has 8 nitrogen and oxygen atoms in total. The van der Waals surface area contributed by atoms with Crippen LogP contribution in [-0.2, 0) is 6.54 Å². The fraction of sp³-hybridized carbons (Fsp3) is 0.350. The van der Waals surface area contributed by atoms with E-state index in [-0.39, 0.29) is 18.3 Å². The van der Waals surface area contributed by atoms with Crippen LogP contribution >= 0.6 is 0 Å². The number of ether oxygens (including phenoxy) is 2. The molecule has 2 aliphatic rings. The summed E-state index contributed by atoms with van der Waals surface area (Å²) in [6.45, 7) is 5.44. The fourth-order valence-electron chi connectivity index (χ4n) is 3.57. The molecule has 0 atom stereocenters. The summed E-state index contributed by atoms with van der Waals surface area (Å²) in [4.78, 5) is 19.6. The van der Waals surface area contributed by atoms with Gasteiger partial charge in [-0.3, -0.25) is 4.79 Å². The van der Waals surface area contributed by atoms with Gasteiger partial charge < -0.3 is 19.7 Å². The summed E-state index contributed by atoms with van der Waals surface area (Å²) >= 11 is 0. The summed E-state index contributed by atoms with van der Waals surface area (Å²) in [5.74, 6) is 0.970. The minimum atomic E-state index is -0.692. The summed E-state index contributed by atoms with van der Waals surface area (Å²) in [5, 5.41) is 7.21. The standard InChI is InChI=1S/C20H20FN5O3/c1-20(2)11-29-15-7-13(21)4-3-12(15)9-25-5-6-28-16-10-26-17(23-18(16)25)14(8-22-26)19(27)24-20/h3-4,7-8,10H,5-6,9,11H2,1-2H3,(H,24,27). The highest BCUT2D eigenvalue weighted by atomic mass is 19.1. The number of nitrogens with zero attached hydrogens (tertiary/aromatic N) is 4. The maximum absolute atomic E-state index is 13.9. The van der Waals surface area contributed by atoms with Crippen LogP contribution in [0, 0.1) is 5.82 Å². The molecule has 0 unspecified atom stereocenters. The third kappa shape index (κ3) is 3.12. The number of hydrogen-bond acceptors (Lipinski definition) is 6. The lowest BCUT2D eigenvalue weighted by Crippen LogP contribution is -2.47. The first-order valence-electron chi connectivity index (χ1n) is 9.39. The van der Waals surface area contributed by atoms with E-state index in [0.29, 0.717) is 48.2 Å². The molecular formula is C20H20FN5O3. The second-order valence-electron chi connectivity index (χ2n) is 7.90. The first kappa shape index (κ1) is 17.7. The van der Waals surface area contributed by atoms with Crippen molar-refractivity contribution in [2.45, 2.75) is 25.9 Å². The van der Waals surface area contributed by atoms with Gasteiger partial charge in [0, 0.05) is 18.2 Å². The smallest absolute Gasteiger partial charge is 0.257 e. The van der Waals surface area contributed by atoms with E-state index in [9.17, 15) is 9.18 Å². The van der Waals surface area contributed by atoms with Crippen molar-refractivity contribution in [1.29, 1.82) is 0 Å². The van der Waals surface area contributed by atoms with Gasteiger partial charge in [-0.05, 0) is 19.9 Å². The minimum Gasteiger partial charge on any atom is -0.491 e. The Morgan fingerprint density at radius 3 is 2.97 bits per heavy atom. The number of carbonyl (C=O) groups is 1. The van der Waals surface area contributed by atoms with Crippen molar-refractivity contribution in [3.05, 3.63) is 47.5 Å². The number of carbonyl (C=O) groups excluding carboxylic acids is 1. The molecule has 4 heterocycles. The molecule has 0 spiro atoms. The van der Waals surface area contributed by atoms with Crippen molar-refractivity contribution < 1.29 is 18.7 Å². The largest absolute Gasteiger partial charge is 0.491 e. The SMILES string of the molecule is CC1(C)COc2cc(F)ccc2CN2CCOc3cn4ncc(c4nc32)C(=O)N1. The number of hydrogen-bond donors (Lipinski definition) is 1. The molecule has 0 saturated heterocycles. The summed E-state index contributed by atoms with van der Waals surface area (Å²) in [6.07, 6.45) is 3.22. The van der Waals surface area contributed by atoms with Crippen LogP contribution in [0.5, 0.6) is 11.5 Å². The predicted molar refractivity (Wildman–Crippen MR) is 103 cm³/mol. The Balaban J connectivity index is 1.69. The molecule has 29 heavy (non-hydrogen) atoms. The number of benzene rings is 1. The lowest BCUT2D eigenvalue weighted by molar-refractivity contribution is 0.0882. The van der Waals surface area contributed by atoms with Crippen LogP contribution in [0.3, 0.4) is 0 Å². The van der Waals surface area contributed by atoms with Gasteiger partial charge in [0.15, 0.2) is 17.2 Å². The van der Waals surface area contributed by atoms with Gasteiger partial charge >= 0.3 is 0 Å². The zero-order chi connectivity index (χ0) is 20.2. The van der Waals surface area contributed by atoms with Crippen molar-refractivity contribution in [2.24, 2.45) is 0 Å². The first-order chi connectivity index (χ1) is 13.9. The van der Waals surface area contributed by atoms with Crippen molar-refractivity contribution in [1.82, 2.24) is 19.9 Å². The second kappa shape index (κ2) is 6.33. The van der Waals surface area contributed by atoms with Crippen molar-refractivity contribution in [3.63, 3.8) is 0 Å². The number of nitrogens with one attached hydrogen (secondary N) is 1. The quantitative estimate of drug-likeness (QED) is 0.626. The van der Waals surface area contributed by atoms with Crippen LogP contribution in [0.25, 0.3) is 5.65 Å². The molecule has 1 aromatic carbocycles. The third-order valence-electron chi connectivity index (χ3n) is 5.03. The Labute approximate surface area is 166 Å². The summed E-state index contributed by atoms with van der Waals surface area (Å²) in [5.41, 5.74) is 0.958. The van der Waals surface area contributed by atoms with Crippen LogP contribution in [0.4, 0.5) is 10.2 Å². The lowest BCUT2D eigenvalue weighted by atomic mass is 10.1. The van der Waals surface area contributed by atoms with Gasteiger partial charge in [-0.15, -0.1) is 0 Å². The predicted octanol–water partition coefficient (Wildman–Crippen LogP) is 2.17. The van der Waals surface area contributed by atoms with E-state index in [1.807, 2.05) is 18.7 Å². The molecule has 0 saturated carbocycles. The Morgan fingerprint density at radius 2 is 2.10 bits per heavy atom. The highest BCUT2D eigenvalue weighted by Crippen LogP contribution is 2.33. The van der Waals surface area contributed by atoms with Gasteiger partial charge in [0.1, 0.15) is 30.3 Å². The number of halogens is 1. The number of aromatic nitrogens is 3. The second-order valence-corrected chi connectivity index (χ2v) is 7.90. The van der Waals surface area contributed by atoms with Gasteiger partial charge in [-0.2, -0.15) is 5.10 Å². The molecule has 1 N–H and O–H groups in total. The first-order valence-corrected chi connectivity index (χ1v) is 9.39. The normalized spacial score (nSPS) is 18.0. The maximum atomic E-state index is 13.9. The van der Waals surface area contributed by atoms with Crippen LogP contribution in [-0.4, -0.2) is 45.8 Å². The molecule has 3 aromatic rings. The van der Waals surface area contributed by atoms with E-state index < -0.39 is 5.54 Å². The topological polar surface area (TPSA) is 81.0 Å². The summed E-state index contributed by atoms with van der Waals surface area (Å²) in [6, 6.07) is 4.51. The Hall–Kier alpha value is -3.36. The average molecular weight is 397 g/mol. The van der Waals surface area contributed by atoms with Crippen LogP contribution in [0.2, 0.25) is 0 Å². The van der Waals surface area contributed by atoms with Crippen molar-refractivity contribution in [3.8, 4) is 11.5 Å². The average Bonchev–Trinajstić information content (AvgIpc) is 3.09. The molecule has 0 aliphatic carbocycles. The molecule has 150 valence electrons. The number of anilines is 1. The molecule has 2 bridgehead atoms. The van der Waals surface area contributed by atoms with Gasteiger partial charge in [0.2, 0.25) is 0 Å². The number of amides is 1. The highest BCUT2D eigenvalue weighted by Gasteiger charge is 2.29. The Kier molecular flexibility index (Phi) is 3.87. The van der Waals surface area contributed by atoms with E-state index in [4.69, 9.17) is 14.5 Å². The van der Waals surface area contributed by atoms with E-state index in [2.05, 4.69) is 10.4 Å². The molecule has 5 rings (SSSR count). The fourth-order valence-corrected chi connectivity index (χ4v) is 3.57. The van der Waals surface area contributed by atoms with E-state index >= 15 is 0 Å². The van der Waals surface area contributed by atoms with Gasteiger partial charge in [0.05, 0.1) is 24.5 Å². The van der Waals surface area contributed by atoms with Gasteiger partial charge in [0.25, 0.3) is 5.91 Å². The van der Waals surface area contributed by atoms with E-state index in [1.165, 1.54) is 18.3 Å². The number of rotatable bonds is 0. The third-order valence-corrected chi connectivity index (χ3v) is 5.03. The summed E-state index contributed by atoms with van der Waals surface area (Å²) < 4.78 is 27.1. The molecule has 2 aromatic heterocycles. The van der Waals surface area contributed by atoms with Crippen LogP contribution in [0.15, 0.2) is 30.6 Å². The van der Waals surface area contributed by atoms with Crippen LogP contribution in [0.1, 0.15) is 29.8 Å². The van der Waals surface area contributed by atoms with Crippen molar-refractivity contribution in [2.75, 3.05) is 24.7 Å². The number of fused-ring (bicyclic) bond motifs is 1. The van der Waals surface area contributed by atoms with Gasteiger partial charge in [-0.1, -0.05) is 6.07 Å². The molecular weight excluding hydrogens is 377 g/mol. The zero-order valence-electron chi connectivity index (χ0n) is 16.1. The maximum Gasteiger partial charge on any atom is 0.257 e. The molecule has 1 amide bonds. The summed E-state index contributed by atoms with van der Waals surface area (Å²) in [7, 11) is 0. The Morgan fingerprint density at radius 1 is 1.24 bits per heavy atom. The monoisotopic (exact) mass is 397 g/mol. The Bertz CT molecular complexity index is 1130. The molecule has 2 aliphatic heterocycles.